The summed E-state index contributed by atoms with van der Waals surface area (Å²) < 4.78 is 5.94. The molecule has 2 aromatic carbocycles. The Morgan fingerprint density at radius 2 is 1.88 bits per heavy atom. The fourth-order valence-corrected chi connectivity index (χ4v) is 2.77. The zero-order valence-electron chi connectivity index (χ0n) is 14.7. The van der Waals surface area contributed by atoms with Gasteiger partial charge in [-0.25, -0.2) is 9.97 Å². The third-order valence-corrected chi connectivity index (χ3v) is 3.98. The summed E-state index contributed by atoms with van der Waals surface area (Å²) in [7, 11) is 0. The highest BCUT2D eigenvalue weighted by Gasteiger charge is 2.15. The molecular weight excluding hydrogens is 314 g/mol. The van der Waals surface area contributed by atoms with Gasteiger partial charge in [0.05, 0.1) is 11.1 Å². The number of nitrogens with one attached hydrogen (secondary N) is 1. The third-order valence-electron chi connectivity index (χ3n) is 3.98. The van der Waals surface area contributed by atoms with Crippen LogP contribution in [0.25, 0.3) is 10.9 Å². The largest absolute Gasteiger partial charge is 0.484 e. The van der Waals surface area contributed by atoms with Crippen molar-refractivity contribution in [3.8, 4) is 5.75 Å². The van der Waals surface area contributed by atoms with Gasteiger partial charge in [-0.15, -0.1) is 0 Å². The van der Waals surface area contributed by atoms with Crippen LogP contribution in [0.15, 0.2) is 42.5 Å². The van der Waals surface area contributed by atoms with Crippen LogP contribution in [-0.4, -0.2) is 22.4 Å². The van der Waals surface area contributed by atoms with Crippen LogP contribution in [0.4, 0.5) is 0 Å². The van der Waals surface area contributed by atoms with Crippen LogP contribution < -0.4 is 10.1 Å². The summed E-state index contributed by atoms with van der Waals surface area (Å²) in [5, 5.41) is 3.84. The highest BCUT2D eigenvalue weighted by Crippen LogP contribution is 2.24. The Labute approximate surface area is 147 Å². The van der Waals surface area contributed by atoms with Gasteiger partial charge in [-0.2, -0.15) is 0 Å². The average Bonchev–Trinajstić information content (AvgIpc) is 2.61. The molecule has 0 atom stereocenters. The molecule has 0 aliphatic heterocycles. The quantitative estimate of drug-likeness (QED) is 0.774. The number of aromatic nitrogens is 2. The first kappa shape index (κ1) is 16.9. The second kappa shape index (κ2) is 7.30. The number of fused-ring (bicyclic) bond motifs is 1. The number of amides is 1. The van der Waals surface area contributed by atoms with Crippen LogP contribution in [0.5, 0.6) is 5.75 Å². The van der Waals surface area contributed by atoms with Crippen molar-refractivity contribution in [2.75, 3.05) is 6.54 Å². The molecule has 0 aliphatic carbocycles. The predicted molar refractivity (Wildman–Crippen MR) is 97.8 cm³/mol. The van der Waals surface area contributed by atoms with Crippen molar-refractivity contribution in [3.63, 3.8) is 0 Å². The molecule has 0 saturated carbocycles. The molecule has 1 amide bonds. The highest BCUT2D eigenvalue weighted by atomic mass is 16.5. The summed E-state index contributed by atoms with van der Waals surface area (Å²) in [6.45, 7) is 6.55. The smallest absolute Gasteiger partial charge is 0.255 e. The van der Waals surface area contributed by atoms with Crippen molar-refractivity contribution in [3.05, 3.63) is 65.1 Å². The topological polar surface area (TPSA) is 64.1 Å². The average molecular weight is 335 g/mol. The molecule has 0 unspecified atom stereocenters. The molecule has 5 heteroatoms. The Hall–Kier alpha value is -2.95. The predicted octanol–water partition coefficient (Wildman–Crippen LogP) is 3.58. The van der Waals surface area contributed by atoms with Gasteiger partial charge in [0.2, 0.25) is 0 Å². The van der Waals surface area contributed by atoms with Crippen molar-refractivity contribution in [2.45, 2.75) is 27.4 Å². The maximum absolute atomic E-state index is 12.2. The highest BCUT2D eigenvalue weighted by molar-refractivity contribution is 5.97. The van der Waals surface area contributed by atoms with E-state index in [1.54, 1.807) is 6.07 Å². The van der Waals surface area contributed by atoms with E-state index in [1.165, 1.54) is 0 Å². The summed E-state index contributed by atoms with van der Waals surface area (Å²) in [4.78, 5) is 21.3. The first-order chi connectivity index (χ1) is 12.1. The zero-order chi connectivity index (χ0) is 17.8. The number of hydrogen-bond donors (Lipinski definition) is 1. The van der Waals surface area contributed by atoms with Gasteiger partial charge in [-0.05, 0) is 38.5 Å². The Morgan fingerprint density at radius 3 is 2.68 bits per heavy atom. The summed E-state index contributed by atoms with van der Waals surface area (Å²) in [5.41, 5.74) is 3.24. The van der Waals surface area contributed by atoms with Crippen LogP contribution in [-0.2, 0) is 6.61 Å². The maximum atomic E-state index is 12.2. The van der Waals surface area contributed by atoms with E-state index in [9.17, 15) is 4.79 Å². The number of carbonyl (C=O) groups is 1. The number of hydrogen-bond acceptors (Lipinski definition) is 4. The van der Waals surface area contributed by atoms with Crippen LogP contribution in [0.2, 0.25) is 0 Å². The molecule has 0 radical (unpaired) electrons. The molecule has 128 valence electrons. The van der Waals surface area contributed by atoms with Crippen LogP contribution >= 0.6 is 0 Å². The van der Waals surface area contributed by atoms with Crippen molar-refractivity contribution >= 4 is 16.8 Å². The standard InChI is InChI=1S/C20H21N3O2/c1-4-21-20(24)16-10-7-8-13(2)19(16)25-12-18-22-14(3)15-9-5-6-11-17(15)23-18/h5-11H,4,12H2,1-3H3,(H,21,24). The summed E-state index contributed by atoms with van der Waals surface area (Å²) in [6, 6.07) is 13.4. The van der Waals surface area contributed by atoms with Gasteiger partial charge in [0.25, 0.3) is 5.91 Å². The van der Waals surface area contributed by atoms with Crippen molar-refractivity contribution in [1.82, 2.24) is 15.3 Å². The second-order valence-corrected chi connectivity index (χ2v) is 5.84. The number of aryl methyl sites for hydroxylation is 2. The molecule has 1 aromatic heterocycles. The molecule has 0 fully saturated rings. The SMILES string of the molecule is CCNC(=O)c1cccc(C)c1OCc1nc(C)c2ccccc2n1. The van der Waals surface area contributed by atoms with E-state index in [-0.39, 0.29) is 12.5 Å². The molecule has 3 aromatic rings. The fraction of sp³-hybridized carbons (Fsp3) is 0.250. The lowest BCUT2D eigenvalue weighted by atomic mass is 10.1. The summed E-state index contributed by atoms with van der Waals surface area (Å²) in [6.07, 6.45) is 0. The molecule has 5 nitrogen and oxygen atoms in total. The number of para-hydroxylation sites is 2. The molecule has 1 N–H and O–H groups in total. The number of nitrogens with zero attached hydrogens (tertiary/aromatic N) is 2. The van der Waals surface area contributed by atoms with E-state index in [1.807, 2.05) is 57.2 Å². The lowest BCUT2D eigenvalue weighted by Gasteiger charge is -2.14. The Balaban J connectivity index is 1.88. The maximum Gasteiger partial charge on any atom is 0.255 e. The fourth-order valence-electron chi connectivity index (χ4n) is 2.77. The number of ether oxygens (including phenoxy) is 1. The summed E-state index contributed by atoms with van der Waals surface area (Å²) >= 11 is 0. The van der Waals surface area contributed by atoms with Gasteiger partial charge >= 0.3 is 0 Å². The lowest BCUT2D eigenvalue weighted by Crippen LogP contribution is -2.23. The number of benzene rings is 2. The van der Waals surface area contributed by atoms with Crippen molar-refractivity contribution < 1.29 is 9.53 Å². The molecule has 0 saturated heterocycles. The van der Waals surface area contributed by atoms with Crippen LogP contribution in [0, 0.1) is 13.8 Å². The Bertz CT molecular complexity index is 922. The molecule has 0 bridgehead atoms. The van der Waals surface area contributed by atoms with Gasteiger partial charge in [0, 0.05) is 17.6 Å². The Kier molecular flexibility index (Phi) is 4.93. The van der Waals surface area contributed by atoms with Crippen LogP contribution in [0.1, 0.15) is 34.4 Å². The van der Waals surface area contributed by atoms with Crippen molar-refractivity contribution in [1.29, 1.82) is 0 Å². The van der Waals surface area contributed by atoms with E-state index in [4.69, 9.17) is 4.74 Å². The first-order valence-corrected chi connectivity index (χ1v) is 8.33. The summed E-state index contributed by atoms with van der Waals surface area (Å²) in [5.74, 6) is 1.03. The van der Waals surface area contributed by atoms with Gasteiger partial charge in [-0.1, -0.05) is 30.3 Å². The minimum Gasteiger partial charge on any atom is -0.484 e. The first-order valence-electron chi connectivity index (χ1n) is 8.33. The minimum absolute atomic E-state index is 0.142. The second-order valence-electron chi connectivity index (χ2n) is 5.84. The lowest BCUT2D eigenvalue weighted by molar-refractivity contribution is 0.0951. The van der Waals surface area contributed by atoms with Crippen LogP contribution in [0.3, 0.4) is 0 Å². The van der Waals surface area contributed by atoms with Crippen molar-refractivity contribution in [2.24, 2.45) is 0 Å². The molecule has 0 spiro atoms. The molecule has 25 heavy (non-hydrogen) atoms. The van der Waals surface area contributed by atoms with E-state index >= 15 is 0 Å². The Morgan fingerprint density at radius 1 is 1.08 bits per heavy atom. The zero-order valence-corrected chi connectivity index (χ0v) is 14.7. The van der Waals surface area contributed by atoms with Gasteiger partial charge in [-0.3, -0.25) is 4.79 Å². The van der Waals surface area contributed by atoms with E-state index in [0.717, 1.165) is 22.2 Å². The monoisotopic (exact) mass is 335 g/mol. The van der Waals surface area contributed by atoms with Gasteiger partial charge < -0.3 is 10.1 Å². The molecule has 0 aliphatic rings. The molecule has 1 heterocycles. The van der Waals surface area contributed by atoms with E-state index in [0.29, 0.717) is 23.7 Å². The van der Waals surface area contributed by atoms with Gasteiger partial charge in [0.15, 0.2) is 5.82 Å². The molecular formula is C20H21N3O2. The van der Waals surface area contributed by atoms with E-state index < -0.39 is 0 Å². The van der Waals surface area contributed by atoms with E-state index in [2.05, 4.69) is 15.3 Å². The third kappa shape index (κ3) is 3.60. The number of rotatable bonds is 5. The normalized spacial score (nSPS) is 10.7. The molecule has 3 rings (SSSR count). The number of carbonyl (C=O) groups excluding carboxylic acids is 1. The minimum atomic E-state index is -0.142. The van der Waals surface area contributed by atoms with Gasteiger partial charge in [0.1, 0.15) is 12.4 Å².